The number of anilines is 2. The van der Waals surface area contributed by atoms with Gasteiger partial charge in [0.15, 0.2) is 0 Å². The molecule has 0 saturated carbocycles. The lowest BCUT2D eigenvalue weighted by Crippen LogP contribution is -2.16. The Kier molecular flexibility index (Phi) is 6.75. The molecule has 0 radical (unpaired) electrons. The van der Waals surface area contributed by atoms with Gasteiger partial charge in [0, 0.05) is 21.3 Å². The van der Waals surface area contributed by atoms with Gasteiger partial charge in [-0.3, -0.25) is 4.79 Å². The Morgan fingerprint density at radius 2 is 2.04 bits per heavy atom. The van der Waals surface area contributed by atoms with Crippen LogP contribution in [0.25, 0.3) is 0 Å². The molecule has 3 aromatic rings. The standard InChI is InChI=1S/C17H15Cl2N7OS/c18-12-5-3-6-13(8-12)22-15(27)10-28-17-25-24-16(26(17)20)23-21-9-11-4-1-2-7-14(11)19/h1-9H,10,20H2,(H,22,27)(H,23,24)/b21-9+. The van der Waals surface area contributed by atoms with Crippen LogP contribution in [0.15, 0.2) is 58.8 Å². The quantitative estimate of drug-likeness (QED) is 0.226. The highest BCUT2D eigenvalue weighted by Crippen LogP contribution is 2.19. The molecule has 144 valence electrons. The van der Waals surface area contributed by atoms with Crippen LogP contribution in [0.4, 0.5) is 11.6 Å². The highest BCUT2D eigenvalue weighted by molar-refractivity contribution is 7.99. The molecule has 1 aromatic heterocycles. The largest absolute Gasteiger partial charge is 0.334 e. The number of nitrogens with two attached hydrogens (primary N) is 1. The number of hydrogen-bond acceptors (Lipinski definition) is 7. The van der Waals surface area contributed by atoms with Gasteiger partial charge in [0.1, 0.15) is 0 Å². The maximum absolute atomic E-state index is 12.1. The third-order valence-corrected chi connectivity index (χ3v) is 4.90. The molecule has 0 saturated heterocycles. The first kappa shape index (κ1) is 20.0. The molecular formula is C17H15Cl2N7OS. The van der Waals surface area contributed by atoms with Crippen molar-refractivity contribution in [2.24, 2.45) is 5.10 Å². The van der Waals surface area contributed by atoms with Crippen molar-refractivity contribution >= 4 is 58.7 Å². The second kappa shape index (κ2) is 9.45. The van der Waals surface area contributed by atoms with Crippen LogP contribution in [0.2, 0.25) is 10.0 Å². The minimum atomic E-state index is -0.221. The minimum Gasteiger partial charge on any atom is -0.334 e. The van der Waals surface area contributed by atoms with Crippen molar-refractivity contribution in [3.8, 4) is 0 Å². The van der Waals surface area contributed by atoms with Crippen LogP contribution in [0.3, 0.4) is 0 Å². The summed E-state index contributed by atoms with van der Waals surface area (Å²) in [6.45, 7) is 0. The fraction of sp³-hybridized carbons (Fsp3) is 0.0588. The zero-order valence-corrected chi connectivity index (χ0v) is 16.7. The van der Waals surface area contributed by atoms with Crippen LogP contribution < -0.4 is 16.6 Å². The first-order valence-corrected chi connectivity index (χ1v) is 9.69. The van der Waals surface area contributed by atoms with Gasteiger partial charge in [-0.05, 0) is 24.3 Å². The number of hydrazone groups is 1. The van der Waals surface area contributed by atoms with Crippen LogP contribution in [0.1, 0.15) is 5.56 Å². The summed E-state index contributed by atoms with van der Waals surface area (Å²) in [5.74, 6) is 6.03. The van der Waals surface area contributed by atoms with E-state index in [2.05, 4.69) is 26.0 Å². The predicted octanol–water partition coefficient (Wildman–Crippen LogP) is 3.48. The molecule has 1 amide bonds. The summed E-state index contributed by atoms with van der Waals surface area (Å²) in [6, 6.07) is 14.2. The van der Waals surface area contributed by atoms with E-state index in [9.17, 15) is 4.79 Å². The number of hydrogen-bond donors (Lipinski definition) is 3. The van der Waals surface area contributed by atoms with E-state index in [-0.39, 0.29) is 17.6 Å². The number of nitrogens with zero attached hydrogens (tertiary/aromatic N) is 4. The number of nitrogen functional groups attached to an aromatic ring is 1. The molecule has 3 rings (SSSR count). The minimum absolute atomic E-state index is 0.102. The third-order valence-electron chi connectivity index (χ3n) is 3.38. The van der Waals surface area contributed by atoms with Gasteiger partial charge in [-0.15, -0.1) is 10.2 Å². The summed E-state index contributed by atoms with van der Waals surface area (Å²) in [4.78, 5) is 12.1. The van der Waals surface area contributed by atoms with Gasteiger partial charge in [-0.1, -0.05) is 59.2 Å². The van der Waals surface area contributed by atoms with Crippen molar-refractivity contribution in [2.75, 3.05) is 22.3 Å². The highest BCUT2D eigenvalue weighted by atomic mass is 35.5. The molecule has 4 N–H and O–H groups in total. The molecule has 0 aliphatic rings. The van der Waals surface area contributed by atoms with Gasteiger partial charge in [0.25, 0.3) is 5.95 Å². The molecule has 11 heteroatoms. The van der Waals surface area contributed by atoms with Gasteiger partial charge in [-0.25, -0.2) is 10.1 Å². The fourth-order valence-corrected chi connectivity index (χ4v) is 3.12. The van der Waals surface area contributed by atoms with Crippen LogP contribution in [0, 0.1) is 0 Å². The molecular weight excluding hydrogens is 421 g/mol. The lowest BCUT2D eigenvalue weighted by atomic mass is 10.2. The van der Waals surface area contributed by atoms with E-state index < -0.39 is 0 Å². The Morgan fingerprint density at radius 3 is 2.82 bits per heavy atom. The maximum Gasteiger partial charge on any atom is 0.264 e. The highest BCUT2D eigenvalue weighted by Gasteiger charge is 2.12. The Hall–Kier alpha value is -2.75. The maximum atomic E-state index is 12.1. The monoisotopic (exact) mass is 435 g/mol. The second-order valence-corrected chi connectivity index (χ2v) is 7.20. The molecule has 2 aromatic carbocycles. The van der Waals surface area contributed by atoms with Gasteiger partial charge < -0.3 is 11.2 Å². The normalized spacial score (nSPS) is 10.9. The molecule has 0 bridgehead atoms. The summed E-state index contributed by atoms with van der Waals surface area (Å²) >= 11 is 13.1. The van der Waals surface area contributed by atoms with Crippen LogP contribution in [0.5, 0.6) is 0 Å². The zero-order valence-electron chi connectivity index (χ0n) is 14.3. The van der Waals surface area contributed by atoms with Crippen molar-refractivity contribution in [2.45, 2.75) is 5.16 Å². The zero-order chi connectivity index (χ0) is 19.9. The molecule has 0 aliphatic heterocycles. The number of benzene rings is 2. The van der Waals surface area contributed by atoms with E-state index in [1.54, 1.807) is 36.5 Å². The van der Waals surface area contributed by atoms with Crippen molar-refractivity contribution < 1.29 is 4.79 Å². The SMILES string of the molecule is Nn1c(N/N=C/c2ccccc2Cl)nnc1SCC(=O)Nc1cccc(Cl)c1. The molecule has 8 nitrogen and oxygen atoms in total. The second-order valence-electron chi connectivity index (χ2n) is 5.41. The Labute approximate surface area is 175 Å². The smallest absolute Gasteiger partial charge is 0.264 e. The predicted molar refractivity (Wildman–Crippen MR) is 114 cm³/mol. The van der Waals surface area contributed by atoms with E-state index in [1.807, 2.05) is 18.2 Å². The van der Waals surface area contributed by atoms with Crippen molar-refractivity contribution in [3.05, 3.63) is 64.1 Å². The lowest BCUT2D eigenvalue weighted by molar-refractivity contribution is -0.113. The molecule has 0 unspecified atom stereocenters. The summed E-state index contributed by atoms with van der Waals surface area (Å²) in [6.07, 6.45) is 1.54. The van der Waals surface area contributed by atoms with Crippen molar-refractivity contribution in [1.29, 1.82) is 0 Å². The van der Waals surface area contributed by atoms with Gasteiger partial charge in [0.2, 0.25) is 11.1 Å². The van der Waals surface area contributed by atoms with E-state index in [1.165, 1.54) is 4.68 Å². The van der Waals surface area contributed by atoms with Gasteiger partial charge in [-0.2, -0.15) is 5.10 Å². The van der Waals surface area contributed by atoms with E-state index >= 15 is 0 Å². The number of nitrogens with one attached hydrogen (secondary N) is 2. The topological polar surface area (TPSA) is 110 Å². The average molecular weight is 436 g/mol. The summed E-state index contributed by atoms with van der Waals surface area (Å²) in [5, 5.41) is 16.1. The number of rotatable bonds is 7. The van der Waals surface area contributed by atoms with Crippen LogP contribution in [-0.4, -0.2) is 32.7 Å². The van der Waals surface area contributed by atoms with Gasteiger partial charge >= 0.3 is 0 Å². The van der Waals surface area contributed by atoms with E-state index in [0.29, 0.717) is 20.9 Å². The van der Waals surface area contributed by atoms with Crippen molar-refractivity contribution in [3.63, 3.8) is 0 Å². The van der Waals surface area contributed by atoms with Crippen LogP contribution >= 0.6 is 35.0 Å². The number of carbonyl (C=O) groups excluding carboxylic acids is 1. The number of carbonyl (C=O) groups is 1. The molecule has 0 atom stereocenters. The first-order valence-electron chi connectivity index (χ1n) is 7.95. The number of aromatic nitrogens is 3. The lowest BCUT2D eigenvalue weighted by Gasteiger charge is -2.05. The first-order chi connectivity index (χ1) is 13.5. The number of halogens is 2. The Balaban J connectivity index is 1.54. The number of amides is 1. The molecule has 0 fully saturated rings. The molecule has 1 heterocycles. The van der Waals surface area contributed by atoms with Gasteiger partial charge in [0.05, 0.1) is 12.0 Å². The Morgan fingerprint density at radius 1 is 1.21 bits per heavy atom. The molecule has 0 spiro atoms. The fourth-order valence-electron chi connectivity index (χ4n) is 2.08. The summed E-state index contributed by atoms with van der Waals surface area (Å²) in [5.41, 5.74) is 4.05. The number of thioether (sulfide) groups is 1. The molecule has 0 aliphatic carbocycles. The average Bonchev–Trinajstić information content (AvgIpc) is 3.01. The Bertz CT molecular complexity index is 1010. The third kappa shape index (κ3) is 5.38. The van der Waals surface area contributed by atoms with Crippen LogP contribution in [-0.2, 0) is 4.79 Å². The van der Waals surface area contributed by atoms with Crippen molar-refractivity contribution in [1.82, 2.24) is 14.9 Å². The summed E-state index contributed by atoms with van der Waals surface area (Å²) in [7, 11) is 0. The molecule has 28 heavy (non-hydrogen) atoms. The summed E-state index contributed by atoms with van der Waals surface area (Å²) < 4.78 is 1.21. The van der Waals surface area contributed by atoms with E-state index in [0.717, 1.165) is 17.3 Å². The van der Waals surface area contributed by atoms with E-state index in [4.69, 9.17) is 29.0 Å².